The van der Waals surface area contributed by atoms with Gasteiger partial charge in [-0.15, -0.1) is 11.8 Å². The van der Waals surface area contributed by atoms with E-state index in [0.717, 1.165) is 0 Å². The molecule has 5 heteroatoms. The zero-order valence-electron chi connectivity index (χ0n) is 10.2. The minimum absolute atomic E-state index is 0.0322. The molecule has 1 heterocycles. The molecular weight excluding hydrogens is 278 g/mol. The molecule has 4 unspecified atom stereocenters. The van der Waals surface area contributed by atoms with Crippen LogP contribution in [0, 0.1) is 5.92 Å². The van der Waals surface area contributed by atoms with Crippen molar-refractivity contribution in [2.24, 2.45) is 11.7 Å². The Morgan fingerprint density at radius 3 is 2.47 bits per heavy atom. The van der Waals surface area contributed by atoms with Gasteiger partial charge in [0.05, 0.1) is 15.5 Å². The molecule has 100 valence electrons. The molecule has 0 bridgehead atoms. The van der Waals surface area contributed by atoms with E-state index in [4.69, 9.17) is 5.73 Å². The minimum Gasteiger partial charge on any atom is -0.318 e. The molecule has 1 saturated heterocycles. The van der Waals surface area contributed by atoms with Crippen LogP contribution in [0.15, 0.2) is 59.5 Å². The van der Waals surface area contributed by atoms with E-state index in [0.29, 0.717) is 4.90 Å². The molecule has 4 atom stereocenters. The quantitative estimate of drug-likeness (QED) is 0.905. The standard InChI is InChI=1S/C14H15NO2S2/c15-14-13(11-8-4-5-9-12(11)18-14)19(16,17)10-6-2-1-3-7-10/h1-9,11-14H,15H2. The minimum atomic E-state index is -3.39. The van der Waals surface area contributed by atoms with Gasteiger partial charge in [0.25, 0.3) is 0 Å². The fraction of sp³-hybridized carbons (Fsp3) is 0.286. The smallest absolute Gasteiger partial charge is 0.184 e. The Bertz CT molecular complexity index is 622. The largest absolute Gasteiger partial charge is 0.318 e. The summed E-state index contributed by atoms with van der Waals surface area (Å²) in [4.78, 5) is 0.361. The summed E-state index contributed by atoms with van der Waals surface area (Å²) in [6.07, 6.45) is 7.87. The Morgan fingerprint density at radius 1 is 1.05 bits per heavy atom. The van der Waals surface area contributed by atoms with Crippen molar-refractivity contribution in [3.63, 3.8) is 0 Å². The highest BCUT2D eigenvalue weighted by Crippen LogP contribution is 2.44. The van der Waals surface area contributed by atoms with Crippen molar-refractivity contribution in [3.05, 3.63) is 54.6 Å². The number of fused-ring (bicyclic) bond motifs is 1. The van der Waals surface area contributed by atoms with Crippen LogP contribution in [-0.4, -0.2) is 24.3 Å². The monoisotopic (exact) mass is 293 g/mol. The summed E-state index contributed by atoms with van der Waals surface area (Å²) < 4.78 is 25.5. The average molecular weight is 293 g/mol. The predicted octanol–water partition coefficient (Wildman–Crippen LogP) is 1.97. The van der Waals surface area contributed by atoms with E-state index in [1.807, 2.05) is 30.4 Å². The number of thioether (sulfide) groups is 1. The molecule has 2 aliphatic rings. The average Bonchev–Trinajstić information content (AvgIpc) is 2.76. The lowest BCUT2D eigenvalue weighted by Gasteiger charge is -2.22. The molecule has 0 amide bonds. The molecular formula is C14H15NO2S2. The van der Waals surface area contributed by atoms with Crippen LogP contribution in [0.3, 0.4) is 0 Å². The number of benzene rings is 1. The fourth-order valence-electron chi connectivity index (χ4n) is 2.67. The van der Waals surface area contributed by atoms with E-state index in [-0.39, 0.29) is 16.5 Å². The maximum Gasteiger partial charge on any atom is 0.184 e. The highest BCUT2D eigenvalue weighted by Gasteiger charge is 2.48. The first-order valence-corrected chi connectivity index (χ1v) is 8.64. The third kappa shape index (κ3) is 2.16. The van der Waals surface area contributed by atoms with Crippen molar-refractivity contribution in [1.82, 2.24) is 0 Å². The van der Waals surface area contributed by atoms with E-state index in [9.17, 15) is 8.42 Å². The van der Waals surface area contributed by atoms with Gasteiger partial charge in [0.15, 0.2) is 9.84 Å². The van der Waals surface area contributed by atoms with E-state index in [1.54, 1.807) is 24.3 Å². The molecule has 2 N–H and O–H groups in total. The number of nitrogens with two attached hydrogens (primary N) is 1. The van der Waals surface area contributed by atoms with Crippen LogP contribution in [0.5, 0.6) is 0 Å². The summed E-state index contributed by atoms with van der Waals surface area (Å²) in [5.41, 5.74) is 6.08. The molecule has 1 aliphatic heterocycles. The maximum atomic E-state index is 12.7. The summed E-state index contributed by atoms with van der Waals surface area (Å²) in [5, 5.41) is -0.762. The van der Waals surface area contributed by atoms with E-state index in [2.05, 4.69) is 0 Å². The van der Waals surface area contributed by atoms with Crippen LogP contribution in [0.25, 0.3) is 0 Å². The summed E-state index contributed by atoms with van der Waals surface area (Å²) in [6.45, 7) is 0. The van der Waals surface area contributed by atoms with Gasteiger partial charge in [-0.25, -0.2) is 8.42 Å². The van der Waals surface area contributed by atoms with Gasteiger partial charge in [0, 0.05) is 11.2 Å². The SMILES string of the molecule is NC1SC2C=CC=CC2C1S(=O)(=O)c1ccccc1. The summed E-state index contributed by atoms with van der Waals surface area (Å²) >= 11 is 1.54. The highest BCUT2D eigenvalue weighted by molar-refractivity contribution is 8.02. The van der Waals surface area contributed by atoms with Gasteiger partial charge in [-0.3, -0.25) is 0 Å². The van der Waals surface area contributed by atoms with Crippen molar-refractivity contribution in [3.8, 4) is 0 Å². The van der Waals surface area contributed by atoms with Crippen LogP contribution in [0.1, 0.15) is 0 Å². The predicted molar refractivity (Wildman–Crippen MR) is 78.5 cm³/mol. The summed E-state index contributed by atoms with van der Waals surface area (Å²) in [6, 6.07) is 8.59. The third-order valence-corrected chi connectivity index (χ3v) is 7.39. The molecule has 0 spiro atoms. The first-order valence-electron chi connectivity index (χ1n) is 6.16. The van der Waals surface area contributed by atoms with Crippen molar-refractivity contribution in [2.75, 3.05) is 0 Å². The Balaban J connectivity index is 2.02. The van der Waals surface area contributed by atoms with Gasteiger partial charge in [0.1, 0.15) is 0 Å². The highest BCUT2D eigenvalue weighted by atomic mass is 32.2. The van der Waals surface area contributed by atoms with Gasteiger partial charge >= 0.3 is 0 Å². The summed E-state index contributed by atoms with van der Waals surface area (Å²) in [7, 11) is -3.39. The van der Waals surface area contributed by atoms with Gasteiger partial charge in [-0.1, -0.05) is 42.5 Å². The lowest BCUT2D eigenvalue weighted by molar-refractivity contribution is 0.547. The molecule has 1 aliphatic carbocycles. The van der Waals surface area contributed by atoms with Gasteiger partial charge in [0.2, 0.25) is 0 Å². The second-order valence-corrected chi connectivity index (χ2v) is 8.20. The lowest BCUT2D eigenvalue weighted by Crippen LogP contribution is -2.39. The number of sulfone groups is 1. The molecule has 1 aromatic rings. The third-order valence-electron chi connectivity index (χ3n) is 3.57. The molecule has 0 aromatic heterocycles. The molecule has 3 rings (SSSR count). The zero-order chi connectivity index (χ0) is 13.5. The van der Waals surface area contributed by atoms with Gasteiger partial charge in [-0.2, -0.15) is 0 Å². The first kappa shape index (κ1) is 13.0. The topological polar surface area (TPSA) is 60.2 Å². The van der Waals surface area contributed by atoms with Crippen LogP contribution < -0.4 is 5.73 Å². The van der Waals surface area contributed by atoms with E-state index in [1.165, 1.54) is 11.8 Å². The van der Waals surface area contributed by atoms with Crippen LogP contribution in [-0.2, 0) is 9.84 Å². The number of rotatable bonds is 2. The maximum absolute atomic E-state index is 12.7. The number of allylic oxidation sites excluding steroid dienone is 3. The normalized spacial score (nSPS) is 33.3. The second-order valence-electron chi connectivity index (χ2n) is 4.74. The number of hydrogen-bond acceptors (Lipinski definition) is 4. The van der Waals surface area contributed by atoms with Crippen molar-refractivity contribution in [2.45, 2.75) is 20.8 Å². The molecule has 0 saturated carbocycles. The van der Waals surface area contributed by atoms with Gasteiger partial charge < -0.3 is 5.73 Å². The van der Waals surface area contributed by atoms with Crippen molar-refractivity contribution in [1.29, 1.82) is 0 Å². The Labute approximate surface area is 117 Å². The first-order chi connectivity index (χ1) is 9.10. The molecule has 0 radical (unpaired) electrons. The second kappa shape index (κ2) is 4.81. The lowest BCUT2D eigenvalue weighted by atomic mass is 9.97. The Kier molecular flexibility index (Phi) is 3.28. The molecule has 3 nitrogen and oxygen atoms in total. The molecule has 1 fully saturated rings. The summed E-state index contributed by atoms with van der Waals surface area (Å²) in [5.74, 6) is -0.0322. The fourth-order valence-corrected chi connectivity index (χ4v) is 6.60. The van der Waals surface area contributed by atoms with Gasteiger partial charge in [-0.05, 0) is 12.1 Å². The van der Waals surface area contributed by atoms with Crippen molar-refractivity contribution < 1.29 is 8.42 Å². The Morgan fingerprint density at radius 2 is 1.74 bits per heavy atom. The zero-order valence-corrected chi connectivity index (χ0v) is 11.8. The van der Waals surface area contributed by atoms with Crippen LogP contribution >= 0.6 is 11.8 Å². The molecule has 19 heavy (non-hydrogen) atoms. The van der Waals surface area contributed by atoms with E-state index < -0.39 is 15.1 Å². The number of hydrogen-bond donors (Lipinski definition) is 1. The van der Waals surface area contributed by atoms with Crippen LogP contribution in [0.4, 0.5) is 0 Å². The Hall–Kier alpha value is -1.04. The van der Waals surface area contributed by atoms with Crippen molar-refractivity contribution >= 4 is 21.6 Å². The van der Waals surface area contributed by atoms with E-state index >= 15 is 0 Å². The van der Waals surface area contributed by atoms with Crippen LogP contribution in [0.2, 0.25) is 0 Å². The molecule has 1 aromatic carbocycles.